The fourth-order valence-corrected chi connectivity index (χ4v) is 4.62. The highest BCUT2D eigenvalue weighted by molar-refractivity contribution is 7.86. The molecule has 0 fully saturated rings. The molecule has 0 saturated carbocycles. The SMILES string of the molecule is CCCCCCC/C=C/CCOC(=O)c1cccc(S(=O)(=O)O)c1C(=O)OCC/C=C/CCCCCCC. The highest BCUT2D eigenvalue weighted by Crippen LogP contribution is 2.22. The summed E-state index contributed by atoms with van der Waals surface area (Å²) in [5.41, 5.74) is -0.768. The summed E-state index contributed by atoms with van der Waals surface area (Å²) < 4.78 is 43.9. The molecule has 0 bridgehead atoms. The number of carbonyl (C=O) groups excluding carboxylic acids is 2. The fourth-order valence-electron chi connectivity index (χ4n) is 3.92. The molecule has 0 amide bonds. The van der Waals surface area contributed by atoms with Crippen molar-refractivity contribution in [2.24, 2.45) is 0 Å². The Hall–Kier alpha value is -2.45. The first kappa shape index (κ1) is 33.6. The second-order valence-corrected chi connectivity index (χ2v) is 10.7. The minimum Gasteiger partial charge on any atom is -0.462 e. The van der Waals surface area contributed by atoms with Gasteiger partial charge in [0.25, 0.3) is 10.1 Å². The summed E-state index contributed by atoms with van der Waals surface area (Å²) in [6.07, 6.45) is 22.8. The van der Waals surface area contributed by atoms with Crippen LogP contribution in [0.2, 0.25) is 0 Å². The molecule has 1 rings (SSSR count). The summed E-state index contributed by atoms with van der Waals surface area (Å²) in [6, 6.07) is 3.63. The van der Waals surface area contributed by atoms with E-state index in [1.54, 1.807) is 0 Å². The van der Waals surface area contributed by atoms with Gasteiger partial charge in [0.15, 0.2) is 0 Å². The van der Waals surface area contributed by atoms with E-state index in [2.05, 4.69) is 19.9 Å². The first-order valence-corrected chi connectivity index (χ1v) is 15.5. The van der Waals surface area contributed by atoms with E-state index in [4.69, 9.17) is 9.47 Å². The van der Waals surface area contributed by atoms with E-state index in [0.29, 0.717) is 12.8 Å². The second kappa shape index (κ2) is 20.5. The van der Waals surface area contributed by atoms with Gasteiger partial charge < -0.3 is 9.47 Å². The number of carbonyl (C=O) groups is 2. The second-order valence-electron chi connectivity index (χ2n) is 9.35. The van der Waals surface area contributed by atoms with Crippen molar-refractivity contribution in [1.82, 2.24) is 0 Å². The van der Waals surface area contributed by atoms with Crippen LogP contribution in [0.4, 0.5) is 0 Å². The third-order valence-corrected chi connectivity index (χ3v) is 6.94. The first-order valence-electron chi connectivity index (χ1n) is 14.1. The Balaban J connectivity index is 2.64. The van der Waals surface area contributed by atoms with Crippen LogP contribution >= 0.6 is 0 Å². The van der Waals surface area contributed by atoms with Gasteiger partial charge >= 0.3 is 11.9 Å². The number of hydrogen-bond acceptors (Lipinski definition) is 6. The Labute approximate surface area is 229 Å². The van der Waals surface area contributed by atoms with E-state index in [1.807, 2.05) is 18.2 Å². The maximum atomic E-state index is 12.8. The lowest BCUT2D eigenvalue weighted by molar-refractivity contribution is 0.0460. The van der Waals surface area contributed by atoms with E-state index in [9.17, 15) is 22.6 Å². The molecule has 0 spiro atoms. The van der Waals surface area contributed by atoms with Crippen molar-refractivity contribution in [1.29, 1.82) is 0 Å². The van der Waals surface area contributed by atoms with Gasteiger partial charge in [0.1, 0.15) is 4.90 Å². The van der Waals surface area contributed by atoms with Crippen molar-refractivity contribution >= 4 is 22.1 Å². The van der Waals surface area contributed by atoms with Crippen molar-refractivity contribution in [3.8, 4) is 0 Å². The van der Waals surface area contributed by atoms with Crippen LogP contribution in [0.25, 0.3) is 0 Å². The van der Waals surface area contributed by atoms with E-state index in [-0.39, 0.29) is 18.8 Å². The van der Waals surface area contributed by atoms with Crippen LogP contribution in [0.1, 0.15) is 124 Å². The fraction of sp³-hybridized carbons (Fsp3) is 0.600. The van der Waals surface area contributed by atoms with Crippen LogP contribution in [0.15, 0.2) is 47.4 Å². The van der Waals surface area contributed by atoms with Crippen molar-refractivity contribution in [3.05, 3.63) is 53.6 Å². The lowest BCUT2D eigenvalue weighted by Crippen LogP contribution is -2.19. The number of rotatable bonds is 21. The normalized spacial score (nSPS) is 11.9. The summed E-state index contributed by atoms with van der Waals surface area (Å²) in [5, 5.41) is 0. The molecule has 7 nitrogen and oxygen atoms in total. The van der Waals surface area contributed by atoms with Crippen LogP contribution in [0.3, 0.4) is 0 Å². The molecule has 1 aromatic rings. The van der Waals surface area contributed by atoms with Crippen LogP contribution in [-0.4, -0.2) is 38.1 Å². The minimum absolute atomic E-state index is 0.0166. The van der Waals surface area contributed by atoms with Crippen LogP contribution in [0.5, 0.6) is 0 Å². The predicted molar refractivity (Wildman–Crippen MR) is 151 cm³/mol. The molecule has 0 heterocycles. The zero-order chi connectivity index (χ0) is 28.1. The summed E-state index contributed by atoms with van der Waals surface area (Å²) in [4.78, 5) is 24.8. The van der Waals surface area contributed by atoms with Crippen molar-refractivity contribution < 1.29 is 32.0 Å². The molecule has 0 aliphatic heterocycles. The zero-order valence-electron chi connectivity index (χ0n) is 23.2. The Morgan fingerprint density at radius 3 is 1.68 bits per heavy atom. The van der Waals surface area contributed by atoms with Crippen molar-refractivity contribution in [2.45, 2.75) is 109 Å². The molecule has 1 aromatic carbocycles. The molecule has 0 radical (unpaired) electrons. The quantitative estimate of drug-likeness (QED) is 0.0718. The van der Waals surface area contributed by atoms with E-state index < -0.39 is 32.5 Å². The summed E-state index contributed by atoms with van der Waals surface area (Å²) in [7, 11) is -4.76. The number of ether oxygens (including phenoxy) is 2. The molecule has 1 N–H and O–H groups in total. The highest BCUT2D eigenvalue weighted by Gasteiger charge is 2.28. The molecule has 214 valence electrons. The summed E-state index contributed by atoms with van der Waals surface area (Å²) in [6.45, 7) is 4.46. The molecule has 8 heteroatoms. The van der Waals surface area contributed by atoms with Crippen molar-refractivity contribution in [2.75, 3.05) is 13.2 Å². The highest BCUT2D eigenvalue weighted by atomic mass is 32.2. The maximum absolute atomic E-state index is 12.8. The van der Waals surface area contributed by atoms with Gasteiger partial charge in [-0.3, -0.25) is 4.55 Å². The first-order chi connectivity index (χ1) is 18.3. The zero-order valence-corrected chi connectivity index (χ0v) is 24.0. The standard InChI is InChI=1S/C30H46O7S/c1-3-5-7-9-11-13-15-17-19-24-36-29(31)26-22-21-23-27(38(33,34)35)28(26)30(32)37-25-20-18-16-14-12-10-8-6-4-2/h15-18,21-23H,3-14,19-20,24-25H2,1-2H3,(H,33,34,35)/b17-15+,18-16+. The Bertz CT molecular complexity index is 980. The number of hydrogen-bond donors (Lipinski definition) is 1. The largest absolute Gasteiger partial charge is 0.462 e. The number of unbranched alkanes of at least 4 members (excludes halogenated alkanes) is 10. The van der Waals surface area contributed by atoms with Crippen LogP contribution < -0.4 is 0 Å². The van der Waals surface area contributed by atoms with Gasteiger partial charge in [-0.1, -0.05) is 95.6 Å². The maximum Gasteiger partial charge on any atom is 0.340 e. The molecule has 0 saturated heterocycles. The summed E-state index contributed by atoms with van der Waals surface area (Å²) >= 11 is 0. The van der Waals surface area contributed by atoms with Crippen LogP contribution in [0, 0.1) is 0 Å². The monoisotopic (exact) mass is 550 g/mol. The smallest absolute Gasteiger partial charge is 0.340 e. The lowest BCUT2D eigenvalue weighted by atomic mass is 10.1. The topological polar surface area (TPSA) is 107 Å². The van der Waals surface area contributed by atoms with Gasteiger partial charge in [-0.15, -0.1) is 0 Å². The summed E-state index contributed by atoms with van der Waals surface area (Å²) in [5.74, 6) is -1.85. The molecular weight excluding hydrogens is 504 g/mol. The Morgan fingerprint density at radius 1 is 0.711 bits per heavy atom. The Morgan fingerprint density at radius 2 is 1.18 bits per heavy atom. The van der Waals surface area contributed by atoms with E-state index in [0.717, 1.165) is 31.7 Å². The van der Waals surface area contributed by atoms with Gasteiger partial charge in [-0.25, -0.2) is 9.59 Å². The third kappa shape index (κ3) is 14.5. The van der Waals surface area contributed by atoms with Crippen molar-refractivity contribution in [3.63, 3.8) is 0 Å². The number of esters is 2. The molecule has 0 aliphatic carbocycles. The van der Waals surface area contributed by atoms with Crippen LogP contribution in [-0.2, 0) is 19.6 Å². The molecular formula is C30H46O7S. The van der Waals surface area contributed by atoms with Gasteiger partial charge in [0.2, 0.25) is 0 Å². The van der Waals surface area contributed by atoms with Gasteiger partial charge in [-0.2, -0.15) is 8.42 Å². The van der Waals surface area contributed by atoms with Gasteiger partial charge in [0.05, 0.1) is 24.3 Å². The van der Waals surface area contributed by atoms with E-state index >= 15 is 0 Å². The lowest BCUT2D eigenvalue weighted by Gasteiger charge is -2.12. The Kier molecular flexibility index (Phi) is 18.1. The molecule has 38 heavy (non-hydrogen) atoms. The van der Waals surface area contributed by atoms with Gasteiger partial charge in [0, 0.05) is 0 Å². The number of benzene rings is 1. The van der Waals surface area contributed by atoms with E-state index in [1.165, 1.54) is 63.5 Å². The third-order valence-electron chi connectivity index (χ3n) is 6.05. The van der Waals surface area contributed by atoms with Gasteiger partial charge in [-0.05, 0) is 50.7 Å². The minimum atomic E-state index is -4.76. The average molecular weight is 551 g/mol. The molecule has 0 aliphatic rings. The molecule has 0 atom stereocenters. The predicted octanol–water partition coefficient (Wildman–Crippen LogP) is 7.86. The number of allylic oxidation sites excluding steroid dienone is 2. The average Bonchev–Trinajstić information content (AvgIpc) is 2.89. The molecule has 0 unspecified atom stereocenters. The molecule has 0 aromatic heterocycles.